The number of nitrogens with zero attached hydrogens (tertiary/aromatic N) is 1. The topological polar surface area (TPSA) is 50.9 Å². The highest BCUT2D eigenvalue weighted by Gasteiger charge is 2.23. The van der Waals surface area contributed by atoms with E-state index in [2.05, 4.69) is 35.2 Å². The summed E-state index contributed by atoms with van der Waals surface area (Å²) in [6, 6.07) is 4.59. The van der Waals surface area contributed by atoms with E-state index in [-0.39, 0.29) is 0 Å². The van der Waals surface area contributed by atoms with Crippen molar-refractivity contribution in [3.8, 4) is 0 Å². The van der Waals surface area contributed by atoms with Gasteiger partial charge >= 0.3 is 0 Å². The van der Waals surface area contributed by atoms with Crippen LogP contribution in [-0.2, 0) is 6.42 Å². The molecule has 3 nitrogen and oxygen atoms in total. The van der Waals surface area contributed by atoms with Crippen LogP contribution < -0.4 is 11.1 Å². The van der Waals surface area contributed by atoms with Crippen LogP contribution in [0.15, 0.2) is 18.3 Å². The molecule has 1 aromatic rings. The second-order valence-corrected chi connectivity index (χ2v) is 5.94. The molecule has 4 heteroatoms. The van der Waals surface area contributed by atoms with Gasteiger partial charge in [0.1, 0.15) is 5.82 Å². The number of anilines is 1. The maximum Gasteiger partial charge on any atom is 0.123 e. The Morgan fingerprint density at radius 1 is 1.59 bits per heavy atom. The molecule has 2 unspecified atom stereocenters. The summed E-state index contributed by atoms with van der Waals surface area (Å²) in [5.74, 6) is 1.93. The minimum Gasteiger partial charge on any atom is -0.384 e. The number of nitrogens with two attached hydrogens (primary N) is 1. The zero-order valence-electron chi connectivity index (χ0n) is 10.4. The normalized spacial score (nSPS) is 22.3. The number of aromatic nitrogens is 1. The van der Waals surface area contributed by atoms with Gasteiger partial charge in [-0.1, -0.05) is 6.42 Å². The van der Waals surface area contributed by atoms with E-state index in [1.54, 1.807) is 6.20 Å². The Morgan fingerprint density at radius 2 is 2.47 bits per heavy atom. The molecule has 17 heavy (non-hydrogen) atoms. The molecular formula is C13H21N3S. The zero-order chi connectivity index (χ0) is 12.1. The average molecular weight is 251 g/mol. The minimum absolute atomic E-state index is 0.544. The van der Waals surface area contributed by atoms with E-state index in [9.17, 15) is 0 Å². The Balaban J connectivity index is 1.98. The number of rotatable bonds is 4. The van der Waals surface area contributed by atoms with Crippen molar-refractivity contribution in [2.75, 3.05) is 18.5 Å². The van der Waals surface area contributed by atoms with Crippen LogP contribution in [0.3, 0.4) is 0 Å². The third-order valence-electron chi connectivity index (χ3n) is 3.34. The zero-order valence-corrected chi connectivity index (χ0v) is 11.2. The Kier molecular flexibility index (Phi) is 4.68. The van der Waals surface area contributed by atoms with Crippen molar-refractivity contribution >= 4 is 17.6 Å². The SMILES string of the molecule is CNC(Cc1ccnc(N)c1)C1CCCCS1. The number of pyridine rings is 1. The fourth-order valence-electron chi connectivity index (χ4n) is 2.38. The predicted octanol–water partition coefficient (Wildman–Crippen LogP) is 2.08. The number of hydrogen-bond acceptors (Lipinski definition) is 4. The molecule has 1 aliphatic rings. The lowest BCUT2D eigenvalue weighted by molar-refractivity contribution is 0.495. The number of nitrogen functional groups attached to an aromatic ring is 1. The smallest absolute Gasteiger partial charge is 0.123 e. The standard InChI is InChI=1S/C13H21N3S/c1-15-11(12-4-2-3-7-17-12)8-10-5-6-16-13(14)9-10/h5-6,9,11-12,15H,2-4,7-8H2,1H3,(H2,14,16). The minimum atomic E-state index is 0.544. The summed E-state index contributed by atoms with van der Waals surface area (Å²) >= 11 is 2.11. The van der Waals surface area contributed by atoms with Crippen molar-refractivity contribution in [2.24, 2.45) is 0 Å². The van der Waals surface area contributed by atoms with Gasteiger partial charge in [0, 0.05) is 17.5 Å². The van der Waals surface area contributed by atoms with E-state index < -0.39 is 0 Å². The monoisotopic (exact) mass is 251 g/mol. The van der Waals surface area contributed by atoms with Crippen LogP contribution in [-0.4, -0.2) is 29.1 Å². The summed E-state index contributed by atoms with van der Waals surface area (Å²) in [5.41, 5.74) is 7.00. The molecule has 0 bridgehead atoms. The Bertz CT molecular complexity index is 350. The third-order valence-corrected chi connectivity index (χ3v) is 4.85. The summed E-state index contributed by atoms with van der Waals surface area (Å²) in [6.45, 7) is 0. The summed E-state index contributed by atoms with van der Waals surface area (Å²) < 4.78 is 0. The lowest BCUT2D eigenvalue weighted by Gasteiger charge is -2.29. The van der Waals surface area contributed by atoms with Gasteiger partial charge in [0.15, 0.2) is 0 Å². The van der Waals surface area contributed by atoms with Gasteiger partial charge in [-0.15, -0.1) is 0 Å². The first-order chi connectivity index (χ1) is 8.29. The van der Waals surface area contributed by atoms with Crippen LogP contribution in [0, 0.1) is 0 Å². The number of hydrogen-bond donors (Lipinski definition) is 2. The summed E-state index contributed by atoms with van der Waals surface area (Å²) in [6.07, 6.45) is 6.91. The van der Waals surface area contributed by atoms with Gasteiger partial charge in [-0.25, -0.2) is 4.98 Å². The van der Waals surface area contributed by atoms with Crippen LogP contribution in [0.1, 0.15) is 24.8 Å². The van der Waals surface area contributed by atoms with Crippen LogP contribution in [0.2, 0.25) is 0 Å². The number of nitrogens with one attached hydrogen (secondary N) is 1. The number of thioether (sulfide) groups is 1. The first-order valence-corrected chi connectivity index (χ1v) is 7.34. The molecule has 1 saturated heterocycles. The van der Waals surface area contributed by atoms with Crippen molar-refractivity contribution in [3.05, 3.63) is 23.9 Å². The van der Waals surface area contributed by atoms with Crippen LogP contribution in [0.4, 0.5) is 5.82 Å². The molecule has 3 N–H and O–H groups in total. The molecule has 0 spiro atoms. The van der Waals surface area contributed by atoms with Crippen LogP contribution in [0.25, 0.3) is 0 Å². The lowest BCUT2D eigenvalue weighted by atomic mass is 10.0. The van der Waals surface area contributed by atoms with E-state index in [0.717, 1.165) is 11.7 Å². The Labute approximate surface area is 108 Å². The molecule has 0 amide bonds. The van der Waals surface area contributed by atoms with Crippen LogP contribution >= 0.6 is 11.8 Å². The van der Waals surface area contributed by atoms with Crippen molar-refractivity contribution in [1.29, 1.82) is 0 Å². The van der Waals surface area contributed by atoms with Crippen molar-refractivity contribution in [3.63, 3.8) is 0 Å². The maximum absolute atomic E-state index is 5.72. The van der Waals surface area contributed by atoms with E-state index >= 15 is 0 Å². The molecule has 0 saturated carbocycles. The molecule has 0 radical (unpaired) electrons. The van der Waals surface area contributed by atoms with Gasteiger partial charge in [0.2, 0.25) is 0 Å². The van der Waals surface area contributed by atoms with E-state index in [4.69, 9.17) is 5.73 Å². The fraction of sp³-hybridized carbons (Fsp3) is 0.615. The van der Waals surface area contributed by atoms with Gasteiger partial charge in [0.25, 0.3) is 0 Å². The highest BCUT2D eigenvalue weighted by Crippen LogP contribution is 2.28. The van der Waals surface area contributed by atoms with Gasteiger partial charge in [-0.2, -0.15) is 11.8 Å². The highest BCUT2D eigenvalue weighted by atomic mass is 32.2. The Morgan fingerprint density at radius 3 is 3.12 bits per heavy atom. The van der Waals surface area contributed by atoms with Gasteiger partial charge in [0.05, 0.1) is 0 Å². The van der Waals surface area contributed by atoms with E-state index in [0.29, 0.717) is 11.9 Å². The fourth-order valence-corrected chi connectivity index (χ4v) is 3.85. The molecule has 2 atom stereocenters. The molecule has 0 aliphatic carbocycles. The largest absolute Gasteiger partial charge is 0.384 e. The lowest BCUT2D eigenvalue weighted by Crippen LogP contribution is -2.39. The second kappa shape index (κ2) is 6.26. The van der Waals surface area contributed by atoms with Crippen molar-refractivity contribution in [1.82, 2.24) is 10.3 Å². The molecule has 1 fully saturated rings. The molecular weight excluding hydrogens is 230 g/mol. The van der Waals surface area contributed by atoms with E-state index in [1.807, 2.05) is 6.07 Å². The predicted molar refractivity (Wildman–Crippen MR) is 75.3 cm³/mol. The van der Waals surface area contributed by atoms with Crippen molar-refractivity contribution in [2.45, 2.75) is 37.0 Å². The van der Waals surface area contributed by atoms with Gasteiger partial charge in [-0.05, 0) is 49.8 Å². The average Bonchev–Trinajstić information content (AvgIpc) is 2.37. The second-order valence-electron chi connectivity index (χ2n) is 4.59. The molecule has 94 valence electrons. The van der Waals surface area contributed by atoms with Gasteiger partial charge in [-0.3, -0.25) is 0 Å². The highest BCUT2D eigenvalue weighted by molar-refractivity contribution is 8.00. The maximum atomic E-state index is 5.72. The quantitative estimate of drug-likeness (QED) is 0.860. The Hall–Kier alpha value is -0.740. The molecule has 0 aromatic carbocycles. The van der Waals surface area contributed by atoms with E-state index in [1.165, 1.54) is 30.6 Å². The molecule has 2 rings (SSSR count). The summed E-state index contributed by atoms with van der Waals surface area (Å²) in [4.78, 5) is 4.04. The first-order valence-electron chi connectivity index (χ1n) is 6.29. The summed E-state index contributed by atoms with van der Waals surface area (Å²) in [5, 5.41) is 4.20. The van der Waals surface area contributed by atoms with Gasteiger partial charge < -0.3 is 11.1 Å². The molecule has 1 aliphatic heterocycles. The van der Waals surface area contributed by atoms with Crippen LogP contribution in [0.5, 0.6) is 0 Å². The van der Waals surface area contributed by atoms with Crippen molar-refractivity contribution < 1.29 is 0 Å². The number of likely N-dealkylation sites (N-methyl/N-ethyl adjacent to an activating group) is 1. The third kappa shape index (κ3) is 3.61. The molecule has 2 heterocycles. The summed E-state index contributed by atoms with van der Waals surface area (Å²) in [7, 11) is 2.06. The first kappa shape index (κ1) is 12.7. The molecule has 1 aromatic heterocycles.